The molecule has 0 saturated carbocycles. The fourth-order valence-corrected chi connectivity index (χ4v) is 2.65. The third-order valence-electron chi connectivity index (χ3n) is 3.82. The van der Waals surface area contributed by atoms with Gasteiger partial charge in [0.05, 0.1) is 16.8 Å². The van der Waals surface area contributed by atoms with Crippen LogP contribution < -0.4 is 5.43 Å². The highest BCUT2D eigenvalue weighted by Gasteiger charge is 2.11. The summed E-state index contributed by atoms with van der Waals surface area (Å²) < 4.78 is 0. The maximum atomic E-state index is 12.6. The van der Waals surface area contributed by atoms with Crippen molar-refractivity contribution in [2.75, 3.05) is 0 Å². The van der Waals surface area contributed by atoms with Crippen LogP contribution in [0, 0.1) is 6.92 Å². The lowest BCUT2D eigenvalue weighted by Crippen LogP contribution is -2.20. The van der Waals surface area contributed by atoms with E-state index in [4.69, 9.17) is 0 Å². The molecule has 0 aliphatic carbocycles. The Morgan fingerprint density at radius 2 is 1.79 bits per heavy atom. The Morgan fingerprint density at radius 3 is 2.54 bits per heavy atom. The molecule has 1 amide bonds. The quantitative estimate of drug-likeness (QED) is 0.582. The first-order valence-corrected chi connectivity index (χ1v) is 7.97. The van der Waals surface area contributed by atoms with Crippen molar-refractivity contribution in [3.63, 3.8) is 0 Å². The van der Waals surface area contributed by atoms with E-state index in [1.807, 2.05) is 68.4 Å². The largest absolute Gasteiger partial charge is 0.272 e. The molecule has 0 atom stereocenters. The van der Waals surface area contributed by atoms with Gasteiger partial charge in [-0.3, -0.25) is 9.78 Å². The zero-order chi connectivity index (χ0) is 16.9. The molecule has 4 heteroatoms. The highest BCUT2D eigenvalue weighted by atomic mass is 16.2. The summed E-state index contributed by atoms with van der Waals surface area (Å²) in [4.78, 5) is 17.1. The number of benzene rings is 2. The molecule has 0 unspecified atom stereocenters. The maximum Gasteiger partial charge on any atom is 0.272 e. The molecule has 1 heterocycles. The monoisotopic (exact) mass is 317 g/mol. The van der Waals surface area contributed by atoms with Gasteiger partial charge in [0.1, 0.15) is 0 Å². The summed E-state index contributed by atoms with van der Waals surface area (Å²) in [7, 11) is 0. The zero-order valence-corrected chi connectivity index (χ0v) is 13.8. The molecule has 0 aliphatic heterocycles. The number of pyridine rings is 1. The van der Waals surface area contributed by atoms with Crippen molar-refractivity contribution in [2.24, 2.45) is 5.10 Å². The highest BCUT2D eigenvalue weighted by molar-refractivity contribution is 6.07. The van der Waals surface area contributed by atoms with Gasteiger partial charge in [0.2, 0.25) is 0 Å². The van der Waals surface area contributed by atoms with E-state index >= 15 is 0 Å². The zero-order valence-electron chi connectivity index (χ0n) is 13.8. The number of carbonyl (C=O) groups excluding carboxylic acids is 1. The van der Waals surface area contributed by atoms with Crippen LogP contribution in [0.1, 0.15) is 35.0 Å². The Labute approximate surface area is 141 Å². The summed E-state index contributed by atoms with van der Waals surface area (Å²) in [6.07, 6.45) is 0.737. The summed E-state index contributed by atoms with van der Waals surface area (Å²) in [5.74, 6) is -0.224. The van der Waals surface area contributed by atoms with Gasteiger partial charge in [0, 0.05) is 11.1 Å². The summed E-state index contributed by atoms with van der Waals surface area (Å²) in [5, 5.41) is 5.15. The van der Waals surface area contributed by atoms with Crippen LogP contribution in [0.3, 0.4) is 0 Å². The predicted molar refractivity (Wildman–Crippen MR) is 97.2 cm³/mol. The van der Waals surface area contributed by atoms with Crippen LogP contribution in [0.4, 0.5) is 0 Å². The minimum Gasteiger partial charge on any atom is -0.267 e. The molecule has 0 fully saturated rings. The lowest BCUT2D eigenvalue weighted by atomic mass is 10.1. The number of hydrazone groups is 1. The van der Waals surface area contributed by atoms with Crippen LogP contribution in [0.2, 0.25) is 0 Å². The van der Waals surface area contributed by atoms with Gasteiger partial charge in [-0.15, -0.1) is 0 Å². The second-order valence-corrected chi connectivity index (χ2v) is 5.55. The number of carbonyl (C=O) groups is 1. The van der Waals surface area contributed by atoms with Gasteiger partial charge in [-0.2, -0.15) is 5.10 Å². The minimum atomic E-state index is -0.224. The lowest BCUT2D eigenvalue weighted by Gasteiger charge is -2.08. The van der Waals surface area contributed by atoms with Gasteiger partial charge in [-0.05, 0) is 31.0 Å². The molecule has 0 spiro atoms. The van der Waals surface area contributed by atoms with Crippen LogP contribution >= 0.6 is 0 Å². The first-order chi connectivity index (χ1) is 11.7. The molecule has 4 nitrogen and oxygen atoms in total. The molecule has 0 bridgehead atoms. The minimum absolute atomic E-state index is 0.224. The summed E-state index contributed by atoms with van der Waals surface area (Å²) in [6, 6.07) is 19.3. The highest BCUT2D eigenvalue weighted by Crippen LogP contribution is 2.18. The Hall–Kier alpha value is -3.01. The van der Waals surface area contributed by atoms with Crippen LogP contribution in [0.25, 0.3) is 10.9 Å². The number of nitrogens with zero attached hydrogens (tertiary/aromatic N) is 2. The predicted octanol–water partition coefficient (Wildman–Crippen LogP) is 4.09. The summed E-state index contributed by atoms with van der Waals surface area (Å²) in [6.45, 7) is 3.90. The molecular formula is C20H19N3O. The maximum absolute atomic E-state index is 12.6. The van der Waals surface area contributed by atoms with Crippen molar-refractivity contribution < 1.29 is 4.79 Å². The third kappa shape index (κ3) is 3.33. The van der Waals surface area contributed by atoms with Gasteiger partial charge in [-0.1, -0.05) is 55.5 Å². The molecule has 0 aliphatic rings. The first kappa shape index (κ1) is 15.9. The number of fused-ring (bicyclic) bond motifs is 1. The van der Waals surface area contributed by atoms with E-state index in [9.17, 15) is 4.79 Å². The van der Waals surface area contributed by atoms with E-state index in [2.05, 4.69) is 15.5 Å². The number of aryl methyl sites for hydroxylation is 1. The molecule has 3 aromatic rings. The van der Waals surface area contributed by atoms with Crippen molar-refractivity contribution in [1.29, 1.82) is 0 Å². The topological polar surface area (TPSA) is 54.4 Å². The third-order valence-corrected chi connectivity index (χ3v) is 3.82. The van der Waals surface area contributed by atoms with Crippen molar-refractivity contribution in [3.8, 4) is 0 Å². The van der Waals surface area contributed by atoms with Crippen LogP contribution in [-0.2, 0) is 0 Å². The van der Waals surface area contributed by atoms with Gasteiger partial charge in [0.15, 0.2) is 0 Å². The molecule has 24 heavy (non-hydrogen) atoms. The van der Waals surface area contributed by atoms with E-state index in [-0.39, 0.29) is 5.91 Å². The van der Waals surface area contributed by atoms with Crippen LogP contribution in [0.15, 0.2) is 65.8 Å². The fourth-order valence-electron chi connectivity index (χ4n) is 2.65. The number of hydrogen-bond donors (Lipinski definition) is 1. The number of hydrogen-bond acceptors (Lipinski definition) is 3. The fraction of sp³-hybridized carbons (Fsp3) is 0.150. The Kier molecular flexibility index (Phi) is 4.66. The molecule has 0 saturated heterocycles. The van der Waals surface area contributed by atoms with E-state index < -0.39 is 0 Å². The Balaban J connectivity index is 1.91. The Bertz CT molecular complexity index is 901. The standard InChI is InChI=1S/C20H19N3O/c1-3-18(15-9-5-4-6-10-15)22-23-20(24)17-13-14(2)21-19-12-8-7-11-16(17)19/h4-13H,3H2,1-2H3,(H,23,24)/b22-18-. The van der Waals surface area contributed by atoms with Crippen LogP contribution in [-0.4, -0.2) is 16.6 Å². The average Bonchev–Trinajstić information content (AvgIpc) is 2.62. The number of rotatable bonds is 4. The van der Waals surface area contributed by atoms with E-state index in [1.165, 1.54) is 0 Å². The van der Waals surface area contributed by atoms with Crippen molar-refractivity contribution in [1.82, 2.24) is 10.4 Å². The van der Waals surface area contributed by atoms with Crippen molar-refractivity contribution in [3.05, 3.63) is 77.5 Å². The van der Waals surface area contributed by atoms with Gasteiger partial charge in [0.25, 0.3) is 5.91 Å². The normalized spacial score (nSPS) is 11.5. The second kappa shape index (κ2) is 7.04. The molecule has 0 radical (unpaired) electrons. The SMILES string of the molecule is CC/C(=N/NC(=O)c1cc(C)nc2ccccc12)c1ccccc1. The number of aromatic nitrogens is 1. The summed E-state index contributed by atoms with van der Waals surface area (Å²) >= 11 is 0. The molecule has 1 N–H and O–H groups in total. The first-order valence-electron chi connectivity index (χ1n) is 7.97. The van der Waals surface area contributed by atoms with E-state index in [1.54, 1.807) is 6.07 Å². The van der Waals surface area contributed by atoms with E-state index in [0.717, 1.165) is 34.3 Å². The number of nitrogens with one attached hydrogen (secondary N) is 1. The molecule has 3 rings (SSSR count). The lowest BCUT2D eigenvalue weighted by molar-refractivity contribution is 0.0956. The van der Waals surface area contributed by atoms with Crippen LogP contribution in [0.5, 0.6) is 0 Å². The van der Waals surface area contributed by atoms with Crippen molar-refractivity contribution >= 4 is 22.5 Å². The van der Waals surface area contributed by atoms with Crippen molar-refractivity contribution in [2.45, 2.75) is 20.3 Å². The second-order valence-electron chi connectivity index (χ2n) is 5.55. The van der Waals surface area contributed by atoms with Gasteiger partial charge in [-0.25, -0.2) is 5.43 Å². The molecule has 120 valence electrons. The van der Waals surface area contributed by atoms with Gasteiger partial charge < -0.3 is 0 Å². The van der Waals surface area contributed by atoms with Gasteiger partial charge >= 0.3 is 0 Å². The average molecular weight is 317 g/mol. The Morgan fingerprint density at radius 1 is 1.08 bits per heavy atom. The van der Waals surface area contributed by atoms with E-state index in [0.29, 0.717) is 5.56 Å². The molecule has 2 aromatic carbocycles. The number of amides is 1. The summed E-state index contributed by atoms with van der Waals surface area (Å²) in [5.41, 5.74) is 6.75. The molecular weight excluding hydrogens is 298 g/mol. The smallest absolute Gasteiger partial charge is 0.267 e. The molecule has 1 aromatic heterocycles. The number of para-hydroxylation sites is 1.